The molecule has 1 atom stereocenters. The van der Waals surface area contributed by atoms with Crippen molar-refractivity contribution in [1.82, 2.24) is 19.6 Å². The summed E-state index contributed by atoms with van der Waals surface area (Å²) in [6, 6.07) is 6.37. The number of benzene rings is 1. The first-order valence-electron chi connectivity index (χ1n) is 9.96. The van der Waals surface area contributed by atoms with Gasteiger partial charge in [0.2, 0.25) is 5.91 Å². The Kier molecular flexibility index (Phi) is 6.67. The molecule has 0 saturated carbocycles. The molecule has 0 radical (unpaired) electrons. The molecule has 0 aliphatic heterocycles. The van der Waals surface area contributed by atoms with Crippen LogP contribution in [-0.4, -0.2) is 43.5 Å². The average Bonchev–Trinajstić information content (AvgIpc) is 3.35. The van der Waals surface area contributed by atoms with Crippen LogP contribution >= 0.6 is 0 Å². The molecule has 0 spiro atoms. The summed E-state index contributed by atoms with van der Waals surface area (Å²) in [7, 11) is 1.33. The normalized spacial score (nSPS) is 11.8. The summed E-state index contributed by atoms with van der Waals surface area (Å²) in [6.45, 7) is 5.70. The van der Waals surface area contributed by atoms with Gasteiger partial charge in [0.25, 0.3) is 0 Å². The summed E-state index contributed by atoms with van der Waals surface area (Å²) in [5.74, 6) is -0.791. The highest BCUT2D eigenvalue weighted by molar-refractivity contribution is 5.94. The first-order chi connectivity index (χ1) is 15.3. The number of aryl methyl sites for hydroxylation is 1. The van der Waals surface area contributed by atoms with Gasteiger partial charge in [-0.15, -0.1) is 0 Å². The van der Waals surface area contributed by atoms with E-state index in [1.165, 1.54) is 18.0 Å². The van der Waals surface area contributed by atoms with Crippen LogP contribution in [0.25, 0.3) is 0 Å². The van der Waals surface area contributed by atoms with Crippen LogP contribution in [0.15, 0.2) is 36.7 Å². The molecular weight excluding hydrogens is 416 g/mol. The summed E-state index contributed by atoms with van der Waals surface area (Å²) in [5, 5.41) is 22.3. The van der Waals surface area contributed by atoms with E-state index in [0.29, 0.717) is 35.6 Å². The van der Waals surface area contributed by atoms with Crippen LogP contribution in [0.1, 0.15) is 46.7 Å². The standard InChI is InChI=1S/C21H24N6O5/c1-5-18(26-12-16(10-22-26)27(30)31)20(28)23-19-13(2)24-25(14(19)3)11-15-8-6-7-9-17(15)21(29)32-4/h6-10,12,18H,5,11H2,1-4H3,(H,23,28). The maximum Gasteiger partial charge on any atom is 0.338 e. The smallest absolute Gasteiger partial charge is 0.338 e. The lowest BCUT2D eigenvalue weighted by Gasteiger charge is -2.15. The minimum atomic E-state index is -0.717. The number of aromatic nitrogens is 4. The van der Waals surface area contributed by atoms with Crippen molar-refractivity contribution in [2.45, 2.75) is 39.8 Å². The molecule has 0 fully saturated rings. The number of hydrogen-bond donors (Lipinski definition) is 1. The van der Waals surface area contributed by atoms with Crippen molar-refractivity contribution < 1.29 is 19.2 Å². The highest BCUT2D eigenvalue weighted by Gasteiger charge is 2.24. The minimum absolute atomic E-state index is 0.180. The Balaban J connectivity index is 1.84. The van der Waals surface area contributed by atoms with Gasteiger partial charge in [-0.25, -0.2) is 4.79 Å². The van der Waals surface area contributed by atoms with Crippen LogP contribution in [0.2, 0.25) is 0 Å². The summed E-state index contributed by atoms with van der Waals surface area (Å²) in [4.78, 5) is 35.4. The number of ether oxygens (including phenoxy) is 1. The molecule has 1 aromatic carbocycles. The lowest BCUT2D eigenvalue weighted by atomic mass is 10.1. The number of anilines is 1. The number of carbonyl (C=O) groups excluding carboxylic acids is 2. The van der Waals surface area contributed by atoms with E-state index < -0.39 is 16.9 Å². The Morgan fingerprint density at radius 3 is 2.62 bits per heavy atom. The van der Waals surface area contributed by atoms with E-state index in [9.17, 15) is 19.7 Å². The molecule has 3 aromatic rings. The lowest BCUT2D eigenvalue weighted by Crippen LogP contribution is -2.26. The Bertz CT molecular complexity index is 1170. The molecule has 3 rings (SSSR count). The molecule has 11 nitrogen and oxygen atoms in total. The molecule has 0 saturated heterocycles. The summed E-state index contributed by atoms with van der Waals surface area (Å²) >= 11 is 0. The van der Waals surface area contributed by atoms with E-state index in [4.69, 9.17) is 4.74 Å². The zero-order valence-corrected chi connectivity index (χ0v) is 18.2. The predicted octanol–water partition coefficient (Wildman–Crippen LogP) is 3.03. The molecule has 0 bridgehead atoms. The maximum atomic E-state index is 12.9. The van der Waals surface area contributed by atoms with Crippen LogP contribution < -0.4 is 5.32 Å². The van der Waals surface area contributed by atoms with Crippen molar-refractivity contribution >= 4 is 23.3 Å². The first-order valence-corrected chi connectivity index (χ1v) is 9.96. The second-order valence-electron chi connectivity index (χ2n) is 7.20. The van der Waals surface area contributed by atoms with Gasteiger partial charge in [-0.1, -0.05) is 25.1 Å². The van der Waals surface area contributed by atoms with Gasteiger partial charge in [-0.3, -0.25) is 24.3 Å². The molecule has 1 N–H and O–H groups in total. The molecule has 0 aliphatic rings. The Morgan fingerprint density at radius 1 is 1.28 bits per heavy atom. The molecule has 2 aromatic heterocycles. The van der Waals surface area contributed by atoms with Crippen molar-refractivity contribution in [2.24, 2.45) is 0 Å². The number of amides is 1. The Hall–Kier alpha value is -4.02. The maximum absolute atomic E-state index is 12.9. The van der Waals surface area contributed by atoms with Gasteiger partial charge in [0, 0.05) is 0 Å². The van der Waals surface area contributed by atoms with Crippen molar-refractivity contribution in [1.29, 1.82) is 0 Å². The number of carbonyl (C=O) groups is 2. The molecule has 11 heteroatoms. The van der Waals surface area contributed by atoms with Gasteiger partial charge in [-0.2, -0.15) is 10.2 Å². The van der Waals surface area contributed by atoms with Crippen LogP contribution in [0.4, 0.5) is 11.4 Å². The average molecular weight is 440 g/mol. The molecule has 1 amide bonds. The van der Waals surface area contributed by atoms with E-state index in [0.717, 1.165) is 11.8 Å². The van der Waals surface area contributed by atoms with Gasteiger partial charge in [-0.05, 0) is 31.9 Å². The largest absolute Gasteiger partial charge is 0.465 e. The van der Waals surface area contributed by atoms with E-state index in [-0.39, 0.29) is 11.6 Å². The predicted molar refractivity (Wildman–Crippen MR) is 115 cm³/mol. The number of nitro groups is 1. The zero-order chi connectivity index (χ0) is 23.4. The Morgan fingerprint density at radius 2 is 2.00 bits per heavy atom. The quantitative estimate of drug-likeness (QED) is 0.323. The number of hydrogen-bond acceptors (Lipinski definition) is 7. The van der Waals surface area contributed by atoms with E-state index in [1.54, 1.807) is 30.7 Å². The van der Waals surface area contributed by atoms with Gasteiger partial charge in [0.1, 0.15) is 18.4 Å². The molecule has 32 heavy (non-hydrogen) atoms. The van der Waals surface area contributed by atoms with Crippen molar-refractivity contribution in [2.75, 3.05) is 12.4 Å². The van der Waals surface area contributed by atoms with Crippen LogP contribution in [-0.2, 0) is 16.1 Å². The van der Waals surface area contributed by atoms with Crippen LogP contribution in [0, 0.1) is 24.0 Å². The lowest BCUT2D eigenvalue weighted by molar-refractivity contribution is -0.385. The highest BCUT2D eigenvalue weighted by Crippen LogP contribution is 2.24. The first kappa shape index (κ1) is 22.7. The van der Waals surface area contributed by atoms with E-state index >= 15 is 0 Å². The fourth-order valence-electron chi connectivity index (χ4n) is 3.45. The van der Waals surface area contributed by atoms with Crippen molar-refractivity contribution in [3.63, 3.8) is 0 Å². The third kappa shape index (κ3) is 4.51. The fraction of sp³-hybridized carbons (Fsp3) is 0.333. The molecule has 168 valence electrons. The summed E-state index contributed by atoms with van der Waals surface area (Å²) in [6.07, 6.45) is 2.74. The number of nitrogens with zero attached hydrogens (tertiary/aromatic N) is 5. The van der Waals surface area contributed by atoms with Gasteiger partial charge >= 0.3 is 11.7 Å². The minimum Gasteiger partial charge on any atom is -0.465 e. The zero-order valence-electron chi connectivity index (χ0n) is 18.2. The van der Waals surface area contributed by atoms with Gasteiger partial charge < -0.3 is 10.1 Å². The van der Waals surface area contributed by atoms with Gasteiger partial charge in [0.15, 0.2) is 0 Å². The van der Waals surface area contributed by atoms with Gasteiger partial charge in [0.05, 0.1) is 41.2 Å². The number of rotatable bonds is 8. The number of esters is 1. The second-order valence-corrected chi connectivity index (χ2v) is 7.20. The van der Waals surface area contributed by atoms with Crippen molar-refractivity contribution in [3.8, 4) is 0 Å². The second kappa shape index (κ2) is 9.41. The molecule has 1 unspecified atom stereocenters. The van der Waals surface area contributed by atoms with E-state index in [2.05, 4.69) is 15.5 Å². The molecule has 0 aliphatic carbocycles. The van der Waals surface area contributed by atoms with Crippen LogP contribution in [0.5, 0.6) is 0 Å². The molecule has 2 heterocycles. The molecular formula is C21H24N6O5. The Labute approximate surface area is 184 Å². The summed E-state index contributed by atoms with van der Waals surface area (Å²) < 4.78 is 7.84. The SMILES string of the molecule is CCC(C(=O)Nc1c(C)nn(Cc2ccccc2C(=O)OC)c1C)n1cc([N+](=O)[O-])cn1. The monoisotopic (exact) mass is 440 g/mol. The van der Waals surface area contributed by atoms with Crippen molar-refractivity contribution in [3.05, 3.63) is 69.3 Å². The highest BCUT2D eigenvalue weighted by atomic mass is 16.6. The third-order valence-corrected chi connectivity index (χ3v) is 5.18. The topological polar surface area (TPSA) is 134 Å². The number of nitrogens with one attached hydrogen (secondary N) is 1. The number of methoxy groups -OCH3 is 1. The third-order valence-electron chi connectivity index (χ3n) is 5.18. The summed E-state index contributed by atoms with van der Waals surface area (Å²) in [5.41, 5.74) is 2.86. The van der Waals surface area contributed by atoms with Crippen LogP contribution in [0.3, 0.4) is 0 Å². The fourth-order valence-corrected chi connectivity index (χ4v) is 3.45. The van der Waals surface area contributed by atoms with E-state index in [1.807, 2.05) is 19.1 Å².